The molecular weight excluding hydrogens is 188 g/mol. The van der Waals surface area contributed by atoms with Gasteiger partial charge in [-0.3, -0.25) is 4.98 Å². The van der Waals surface area contributed by atoms with Crippen LogP contribution < -0.4 is 5.32 Å². The second-order valence-electron chi connectivity index (χ2n) is 4.33. The Bertz CT molecular complexity index is 310. The van der Waals surface area contributed by atoms with Gasteiger partial charge in [-0.25, -0.2) is 0 Å². The Morgan fingerprint density at radius 1 is 1.47 bits per heavy atom. The summed E-state index contributed by atoms with van der Waals surface area (Å²) in [7, 11) is 1.75. The van der Waals surface area contributed by atoms with E-state index in [1.807, 2.05) is 12.3 Å². The monoisotopic (exact) mass is 208 g/mol. The van der Waals surface area contributed by atoms with Crippen molar-refractivity contribution in [1.29, 1.82) is 0 Å². The van der Waals surface area contributed by atoms with Gasteiger partial charge in [-0.15, -0.1) is 0 Å². The summed E-state index contributed by atoms with van der Waals surface area (Å²) < 4.78 is 5.35. The van der Waals surface area contributed by atoms with Crippen molar-refractivity contribution in [3.8, 4) is 0 Å². The van der Waals surface area contributed by atoms with Gasteiger partial charge in [0.2, 0.25) is 0 Å². The number of nitrogens with one attached hydrogen (secondary N) is 1. The van der Waals surface area contributed by atoms with E-state index in [9.17, 15) is 0 Å². The van der Waals surface area contributed by atoms with E-state index in [0.717, 1.165) is 18.7 Å². The first-order valence-corrected chi connectivity index (χ1v) is 5.25. The highest BCUT2D eigenvalue weighted by Gasteiger charge is 2.15. The number of anilines is 1. The molecule has 0 aromatic carbocycles. The van der Waals surface area contributed by atoms with Gasteiger partial charge in [-0.2, -0.15) is 0 Å². The summed E-state index contributed by atoms with van der Waals surface area (Å²) in [6, 6.07) is 2.00. The maximum atomic E-state index is 5.35. The number of hydrogen-bond donors (Lipinski definition) is 1. The van der Waals surface area contributed by atoms with Gasteiger partial charge in [-0.05, 0) is 38.8 Å². The summed E-state index contributed by atoms with van der Waals surface area (Å²) in [5.74, 6) is 0. The molecule has 0 unspecified atom stereocenters. The molecule has 1 aromatic rings. The zero-order valence-corrected chi connectivity index (χ0v) is 10.0. The number of hydrogen-bond acceptors (Lipinski definition) is 3. The van der Waals surface area contributed by atoms with Crippen LogP contribution in [0.2, 0.25) is 0 Å². The standard InChI is InChI=1S/C12H20N2O/c1-10-5-7-13-9-11(10)14-8-6-12(2,3)15-4/h5,7,9,14H,6,8H2,1-4H3. The number of aromatic nitrogens is 1. The van der Waals surface area contributed by atoms with Crippen LogP contribution in [0.4, 0.5) is 5.69 Å². The lowest BCUT2D eigenvalue weighted by Crippen LogP contribution is -2.25. The topological polar surface area (TPSA) is 34.1 Å². The highest BCUT2D eigenvalue weighted by Crippen LogP contribution is 2.15. The Hall–Kier alpha value is -1.09. The largest absolute Gasteiger partial charge is 0.383 e. The molecule has 0 aliphatic heterocycles. The van der Waals surface area contributed by atoms with Gasteiger partial charge < -0.3 is 10.1 Å². The third-order valence-electron chi connectivity index (χ3n) is 2.63. The quantitative estimate of drug-likeness (QED) is 0.807. The second-order valence-corrected chi connectivity index (χ2v) is 4.33. The fourth-order valence-electron chi connectivity index (χ4n) is 1.25. The Morgan fingerprint density at radius 2 is 2.20 bits per heavy atom. The molecule has 84 valence electrons. The van der Waals surface area contributed by atoms with E-state index in [1.54, 1.807) is 13.3 Å². The van der Waals surface area contributed by atoms with Gasteiger partial charge in [-0.1, -0.05) is 0 Å². The molecular formula is C12H20N2O. The van der Waals surface area contributed by atoms with Gasteiger partial charge in [0.1, 0.15) is 0 Å². The maximum absolute atomic E-state index is 5.35. The van der Waals surface area contributed by atoms with Crippen molar-refractivity contribution >= 4 is 5.69 Å². The van der Waals surface area contributed by atoms with E-state index in [1.165, 1.54) is 5.56 Å². The summed E-state index contributed by atoms with van der Waals surface area (Å²) >= 11 is 0. The van der Waals surface area contributed by atoms with Crippen molar-refractivity contribution in [3.05, 3.63) is 24.0 Å². The minimum Gasteiger partial charge on any atom is -0.383 e. The molecule has 3 nitrogen and oxygen atoms in total. The van der Waals surface area contributed by atoms with Crippen molar-refractivity contribution < 1.29 is 4.74 Å². The second kappa shape index (κ2) is 5.12. The fourth-order valence-corrected chi connectivity index (χ4v) is 1.25. The summed E-state index contributed by atoms with van der Waals surface area (Å²) in [6.45, 7) is 7.15. The molecule has 15 heavy (non-hydrogen) atoms. The maximum Gasteiger partial charge on any atom is 0.0639 e. The van der Waals surface area contributed by atoms with Crippen LogP contribution in [0.25, 0.3) is 0 Å². The van der Waals surface area contributed by atoms with Crippen molar-refractivity contribution in [1.82, 2.24) is 4.98 Å². The average Bonchev–Trinajstić information content (AvgIpc) is 2.21. The minimum absolute atomic E-state index is 0.0664. The number of ether oxygens (including phenoxy) is 1. The SMILES string of the molecule is COC(C)(C)CCNc1cnccc1C. The van der Waals surface area contributed by atoms with Crippen LogP contribution in [0.5, 0.6) is 0 Å². The molecule has 3 heteroatoms. The molecule has 1 rings (SSSR count). The van der Waals surface area contributed by atoms with Crippen LogP contribution in [0, 0.1) is 6.92 Å². The van der Waals surface area contributed by atoms with Gasteiger partial charge in [0.05, 0.1) is 17.5 Å². The number of nitrogens with zero attached hydrogens (tertiary/aromatic N) is 1. The van der Waals surface area contributed by atoms with E-state index in [2.05, 4.69) is 31.1 Å². The lowest BCUT2D eigenvalue weighted by atomic mass is 10.1. The summed E-state index contributed by atoms with van der Waals surface area (Å²) in [5, 5.41) is 3.36. The predicted molar refractivity (Wildman–Crippen MR) is 63.2 cm³/mol. The van der Waals surface area contributed by atoms with E-state index in [-0.39, 0.29) is 5.60 Å². The third kappa shape index (κ3) is 3.88. The first-order chi connectivity index (χ1) is 7.05. The van der Waals surface area contributed by atoms with Gasteiger partial charge >= 0.3 is 0 Å². The highest BCUT2D eigenvalue weighted by atomic mass is 16.5. The number of aryl methyl sites for hydroxylation is 1. The first-order valence-electron chi connectivity index (χ1n) is 5.25. The fraction of sp³-hybridized carbons (Fsp3) is 0.583. The number of rotatable bonds is 5. The molecule has 0 radical (unpaired) electrons. The van der Waals surface area contributed by atoms with E-state index in [4.69, 9.17) is 4.74 Å². The van der Waals surface area contributed by atoms with Crippen LogP contribution in [0.3, 0.4) is 0 Å². The van der Waals surface area contributed by atoms with Gasteiger partial charge in [0.25, 0.3) is 0 Å². The van der Waals surface area contributed by atoms with Crippen molar-refractivity contribution in [2.75, 3.05) is 19.0 Å². The number of methoxy groups -OCH3 is 1. The molecule has 0 saturated carbocycles. The van der Waals surface area contributed by atoms with Crippen molar-refractivity contribution in [2.45, 2.75) is 32.8 Å². The lowest BCUT2D eigenvalue weighted by Gasteiger charge is -2.23. The molecule has 1 N–H and O–H groups in total. The van der Waals surface area contributed by atoms with Crippen molar-refractivity contribution in [3.63, 3.8) is 0 Å². The zero-order chi connectivity index (χ0) is 11.3. The summed E-state index contributed by atoms with van der Waals surface area (Å²) in [5.41, 5.74) is 2.26. The zero-order valence-electron chi connectivity index (χ0n) is 10.0. The van der Waals surface area contributed by atoms with Crippen LogP contribution >= 0.6 is 0 Å². The predicted octanol–water partition coefficient (Wildman–Crippen LogP) is 2.62. The van der Waals surface area contributed by atoms with Gasteiger partial charge in [0, 0.05) is 19.9 Å². The lowest BCUT2D eigenvalue weighted by molar-refractivity contribution is 0.0185. The molecule has 0 saturated heterocycles. The van der Waals surface area contributed by atoms with Gasteiger partial charge in [0.15, 0.2) is 0 Å². The summed E-state index contributed by atoms with van der Waals surface area (Å²) in [4.78, 5) is 4.09. The van der Waals surface area contributed by atoms with Crippen LogP contribution in [-0.2, 0) is 4.74 Å². The molecule has 0 bridgehead atoms. The highest BCUT2D eigenvalue weighted by molar-refractivity contribution is 5.47. The molecule has 0 spiro atoms. The third-order valence-corrected chi connectivity index (χ3v) is 2.63. The Labute approximate surface area is 91.9 Å². The molecule has 1 aromatic heterocycles. The van der Waals surface area contributed by atoms with Crippen LogP contribution in [-0.4, -0.2) is 24.2 Å². The Balaban J connectivity index is 2.42. The molecule has 0 aliphatic carbocycles. The van der Waals surface area contributed by atoms with Crippen molar-refractivity contribution in [2.24, 2.45) is 0 Å². The first kappa shape index (κ1) is 12.0. The molecule has 0 aliphatic rings. The average molecular weight is 208 g/mol. The summed E-state index contributed by atoms with van der Waals surface area (Å²) in [6.07, 6.45) is 4.63. The smallest absolute Gasteiger partial charge is 0.0639 e. The van der Waals surface area contributed by atoms with Crippen LogP contribution in [0.15, 0.2) is 18.5 Å². The Morgan fingerprint density at radius 3 is 2.80 bits per heavy atom. The van der Waals surface area contributed by atoms with E-state index >= 15 is 0 Å². The number of pyridine rings is 1. The van der Waals surface area contributed by atoms with Crippen LogP contribution in [0.1, 0.15) is 25.8 Å². The van der Waals surface area contributed by atoms with E-state index < -0.39 is 0 Å². The molecule has 1 heterocycles. The molecule has 0 atom stereocenters. The molecule has 0 fully saturated rings. The van der Waals surface area contributed by atoms with E-state index in [0.29, 0.717) is 0 Å². The molecule has 0 amide bonds. The minimum atomic E-state index is -0.0664. The Kier molecular flexibility index (Phi) is 4.09. The normalized spacial score (nSPS) is 11.5.